The largest absolute Gasteiger partial charge is 0.490 e. The molecule has 0 bridgehead atoms. The summed E-state index contributed by atoms with van der Waals surface area (Å²) in [6.45, 7) is -0.139. The number of halogens is 3. The third kappa shape index (κ3) is 3.64. The molecule has 0 radical (unpaired) electrons. The lowest BCUT2D eigenvalue weighted by atomic mass is 10.2. The molecule has 1 atom stereocenters. The molecule has 0 amide bonds. The van der Waals surface area contributed by atoms with Crippen molar-refractivity contribution in [3.63, 3.8) is 0 Å². The number of para-hydroxylation sites is 1. The van der Waals surface area contributed by atoms with Gasteiger partial charge in [0.2, 0.25) is 0 Å². The zero-order valence-corrected chi connectivity index (χ0v) is 9.08. The fraction of sp³-hybridized carbons (Fsp3) is 0.364. The number of alkyl halides is 3. The number of likely N-dealkylation sites (N-methyl/N-ethyl adjacent to an activating group) is 1. The highest BCUT2D eigenvalue weighted by atomic mass is 19.4. The van der Waals surface area contributed by atoms with Crippen LogP contribution in [0.5, 0.6) is 5.75 Å². The second-order valence-electron chi connectivity index (χ2n) is 3.28. The van der Waals surface area contributed by atoms with E-state index < -0.39 is 17.8 Å². The van der Waals surface area contributed by atoms with Crippen molar-refractivity contribution in [1.29, 1.82) is 5.26 Å². The van der Waals surface area contributed by atoms with Gasteiger partial charge >= 0.3 is 6.18 Å². The van der Waals surface area contributed by atoms with E-state index in [1.807, 2.05) is 6.07 Å². The Balaban J connectivity index is 2.82. The van der Waals surface area contributed by atoms with E-state index in [1.54, 1.807) is 0 Å². The van der Waals surface area contributed by atoms with Crippen LogP contribution in [0.2, 0.25) is 0 Å². The normalized spacial score (nSPS) is 12.9. The molecule has 3 nitrogen and oxygen atoms in total. The highest BCUT2D eigenvalue weighted by Gasteiger charge is 2.34. The van der Waals surface area contributed by atoms with E-state index in [-0.39, 0.29) is 12.4 Å². The minimum atomic E-state index is -4.46. The molecular formula is C11H11F3N2O. The van der Waals surface area contributed by atoms with E-state index in [0.717, 1.165) is 6.07 Å². The van der Waals surface area contributed by atoms with Gasteiger partial charge in [-0.05, 0) is 19.2 Å². The highest BCUT2D eigenvalue weighted by molar-refractivity contribution is 5.35. The number of hydrogen-bond acceptors (Lipinski definition) is 3. The Hall–Kier alpha value is -1.74. The van der Waals surface area contributed by atoms with Crippen LogP contribution in [-0.2, 0) is 6.18 Å². The summed E-state index contributed by atoms with van der Waals surface area (Å²) in [6.07, 6.45) is -4.46. The lowest BCUT2D eigenvalue weighted by Crippen LogP contribution is -2.30. The fourth-order valence-electron chi connectivity index (χ4n) is 1.18. The first-order chi connectivity index (χ1) is 7.99. The molecule has 6 heteroatoms. The van der Waals surface area contributed by atoms with Crippen molar-refractivity contribution in [2.24, 2.45) is 0 Å². The Morgan fingerprint density at radius 1 is 1.41 bits per heavy atom. The van der Waals surface area contributed by atoms with Crippen LogP contribution in [-0.4, -0.2) is 19.7 Å². The topological polar surface area (TPSA) is 45.0 Å². The summed E-state index contributed by atoms with van der Waals surface area (Å²) >= 11 is 0. The molecule has 0 aromatic heterocycles. The number of rotatable bonds is 4. The molecule has 1 aromatic rings. The number of hydrogen-bond donors (Lipinski definition) is 1. The third-order valence-corrected chi connectivity index (χ3v) is 2.10. The quantitative estimate of drug-likeness (QED) is 0.883. The van der Waals surface area contributed by atoms with E-state index in [0.29, 0.717) is 0 Å². The lowest BCUT2D eigenvalue weighted by Gasteiger charge is -2.15. The molecule has 92 valence electrons. The van der Waals surface area contributed by atoms with Crippen LogP contribution >= 0.6 is 0 Å². The lowest BCUT2D eigenvalue weighted by molar-refractivity contribution is -0.139. The van der Waals surface area contributed by atoms with Gasteiger partial charge in [0.15, 0.2) is 0 Å². The maximum atomic E-state index is 12.6. The predicted octanol–water partition coefficient (Wildman–Crippen LogP) is 2.20. The van der Waals surface area contributed by atoms with Gasteiger partial charge in [0.1, 0.15) is 18.4 Å². The van der Waals surface area contributed by atoms with Gasteiger partial charge in [-0.2, -0.15) is 18.4 Å². The zero-order valence-electron chi connectivity index (χ0n) is 9.08. The fourth-order valence-corrected chi connectivity index (χ4v) is 1.18. The molecular weight excluding hydrogens is 233 g/mol. The molecule has 0 aliphatic heterocycles. The highest BCUT2D eigenvalue weighted by Crippen LogP contribution is 2.35. The first kappa shape index (κ1) is 13.3. The minimum Gasteiger partial charge on any atom is -0.490 e. The SMILES string of the molecule is CNC(C#N)COc1ccccc1C(F)(F)F. The van der Waals surface area contributed by atoms with Crippen molar-refractivity contribution in [3.05, 3.63) is 29.8 Å². The van der Waals surface area contributed by atoms with Crippen LogP contribution < -0.4 is 10.1 Å². The Bertz CT molecular complexity index is 412. The summed E-state index contributed by atoms with van der Waals surface area (Å²) in [5.74, 6) is -0.268. The van der Waals surface area contributed by atoms with Crippen LogP contribution in [0.25, 0.3) is 0 Å². The van der Waals surface area contributed by atoms with Gasteiger partial charge in [-0.25, -0.2) is 0 Å². The Kier molecular flexibility index (Phi) is 4.35. The molecule has 1 unspecified atom stereocenters. The molecule has 0 spiro atoms. The molecule has 17 heavy (non-hydrogen) atoms. The first-order valence-electron chi connectivity index (χ1n) is 4.85. The molecule has 0 aliphatic carbocycles. The summed E-state index contributed by atoms with van der Waals surface area (Å²) in [4.78, 5) is 0. The maximum absolute atomic E-state index is 12.6. The molecule has 0 saturated heterocycles. The summed E-state index contributed by atoms with van der Waals surface area (Å²) in [5, 5.41) is 11.2. The second kappa shape index (κ2) is 5.55. The van der Waals surface area contributed by atoms with Crippen LogP contribution in [0.15, 0.2) is 24.3 Å². The molecule has 0 saturated carbocycles. The van der Waals surface area contributed by atoms with E-state index in [9.17, 15) is 13.2 Å². The van der Waals surface area contributed by atoms with Crippen LogP contribution in [0.3, 0.4) is 0 Å². The van der Waals surface area contributed by atoms with Crippen molar-refractivity contribution in [3.8, 4) is 11.8 Å². The monoisotopic (exact) mass is 244 g/mol. The van der Waals surface area contributed by atoms with E-state index in [1.165, 1.54) is 25.2 Å². The average Bonchev–Trinajstić information content (AvgIpc) is 2.29. The van der Waals surface area contributed by atoms with Gasteiger partial charge in [0, 0.05) is 0 Å². The van der Waals surface area contributed by atoms with Gasteiger partial charge in [-0.3, -0.25) is 0 Å². The van der Waals surface area contributed by atoms with Gasteiger partial charge in [0.25, 0.3) is 0 Å². The summed E-state index contributed by atoms with van der Waals surface area (Å²) in [7, 11) is 1.53. The van der Waals surface area contributed by atoms with Crippen molar-refractivity contribution in [2.75, 3.05) is 13.7 Å². The first-order valence-corrected chi connectivity index (χ1v) is 4.85. The average molecular weight is 244 g/mol. The molecule has 0 fully saturated rings. The predicted molar refractivity (Wildman–Crippen MR) is 55.4 cm³/mol. The Labute approximate surface area is 96.8 Å². The number of nitrogens with one attached hydrogen (secondary N) is 1. The van der Waals surface area contributed by atoms with Crippen molar-refractivity contribution >= 4 is 0 Å². The molecule has 1 rings (SSSR count). The van der Waals surface area contributed by atoms with Crippen LogP contribution in [0, 0.1) is 11.3 Å². The number of benzene rings is 1. The minimum absolute atomic E-state index is 0.139. The van der Waals surface area contributed by atoms with E-state index in [4.69, 9.17) is 10.00 Å². The number of nitrogens with zero attached hydrogens (tertiary/aromatic N) is 1. The van der Waals surface area contributed by atoms with Crippen molar-refractivity contribution in [2.45, 2.75) is 12.2 Å². The number of ether oxygens (including phenoxy) is 1. The molecule has 0 aliphatic rings. The van der Waals surface area contributed by atoms with Gasteiger partial charge in [-0.1, -0.05) is 12.1 Å². The Morgan fingerprint density at radius 3 is 2.59 bits per heavy atom. The van der Waals surface area contributed by atoms with E-state index >= 15 is 0 Å². The summed E-state index contributed by atoms with van der Waals surface area (Å²) in [5.41, 5.74) is -0.840. The van der Waals surface area contributed by atoms with Gasteiger partial charge < -0.3 is 10.1 Å². The van der Waals surface area contributed by atoms with Gasteiger partial charge in [0.05, 0.1) is 11.6 Å². The van der Waals surface area contributed by atoms with Crippen molar-refractivity contribution < 1.29 is 17.9 Å². The maximum Gasteiger partial charge on any atom is 0.419 e. The Morgan fingerprint density at radius 2 is 2.06 bits per heavy atom. The molecule has 1 aromatic carbocycles. The van der Waals surface area contributed by atoms with Crippen LogP contribution in [0.4, 0.5) is 13.2 Å². The standard InChI is InChI=1S/C11H11F3N2O/c1-16-8(6-15)7-17-10-5-3-2-4-9(10)11(12,13)14/h2-5,8,16H,7H2,1H3. The van der Waals surface area contributed by atoms with Crippen LogP contribution in [0.1, 0.15) is 5.56 Å². The third-order valence-electron chi connectivity index (χ3n) is 2.10. The van der Waals surface area contributed by atoms with Gasteiger partial charge in [-0.15, -0.1) is 0 Å². The second-order valence-corrected chi connectivity index (χ2v) is 3.28. The van der Waals surface area contributed by atoms with E-state index in [2.05, 4.69) is 5.32 Å². The smallest absolute Gasteiger partial charge is 0.419 e. The van der Waals surface area contributed by atoms with Crippen molar-refractivity contribution in [1.82, 2.24) is 5.32 Å². The zero-order chi connectivity index (χ0) is 12.9. The number of nitriles is 1. The molecule has 0 heterocycles. The summed E-state index contributed by atoms with van der Waals surface area (Å²) in [6, 6.07) is 6.13. The summed E-state index contributed by atoms with van der Waals surface area (Å²) < 4.78 is 42.7. The molecule has 1 N–H and O–H groups in total.